The number of fused-ring (bicyclic) bond motifs is 1. The Labute approximate surface area is 198 Å². The molecule has 0 unspecified atom stereocenters. The highest BCUT2D eigenvalue weighted by Crippen LogP contribution is 2.48. The zero-order chi connectivity index (χ0) is 23.2. The van der Waals surface area contributed by atoms with Gasteiger partial charge in [-0.1, -0.05) is 33.6 Å². The highest BCUT2D eigenvalue weighted by molar-refractivity contribution is 7.14. The molecule has 2 aliphatic rings. The topological polar surface area (TPSA) is 40.6 Å². The van der Waals surface area contributed by atoms with Crippen molar-refractivity contribution >= 4 is 45.9 Å². The average Bonchev–Trinajstić information content (AvgIpc) is 3.45. The fraction of sp³-hybridized carbons (Fsp3) is 0.385. The maximum atomic E-state index is 13.8. The maximum Gasteiger partial charge on any atom is 0.261 e. The van der Waals surface area contributed by atoms with E-state index in [0.29, 0.717) is 24.2 Å². The lowest BCUT2D eigenvalue weighted by atomic mass is 10.1. The average molecular weight is 465 g/mol. The summed E-state index contributed by atoms with van der Waals surface area (Å²) in [4.78, 5) is 35.3. The molecule has 6 heteroatoms. The van der Waals surface area contributed by atoms with Crippen LogP contribution in [0.25, 0.3) is 11.4 Å². The van der Waals surface area contributed by atoms with E-state index in [1.54, 1.807) is 11.3 Å². The Morgan fingerprint density at radius 1 is 0.812 bits per heavy atom. The summed E-state index contributed by atoms with van der Waals surface area (Å²) in [6, 6.07) is 8.04. The van der Waals surface area contributed by atoms with E-state index in [4.69, 9.17) is 0 Å². The van der Waals surface area contributed by atoms with Gasteiger partial charge in [0.1, 0.15) is 0 Å². The second kappa shape index (κ2) is 8.73. The quantitative estimate of drug-likeness (QED) is 0.522. The molecule has 0 saturated heterocycles. The predicted octanol–water partition coefficient (Wildman–Crippen LogP) is 5.61. The van der Waals surface area contributed by atoms with Crippen LogP contribution in [0.4, 0.5) is 0 Å². The summed E-state index contributed by atoms with van der Waals surface area (Å²) in [5, 5.41) is 0. The van der Waals surface area contributed by atoms with Crippen LogP contribution < -0.4 is 0 Å². The van der Waals surface area contributed by atoms with Crippen LogP contribution in [0.2, 0.25) is 0 Å². The van der Waals surface area contributed by atoms with Gasteiger partial charge in [0.15, 0.2) is 0 Å². The minimum atomic E-state index is -0.0686. The van der Waals surface area contributed by atoms with Gasteiger partial charge in [-0.2, -0.15) is 0 Å². The van der Waals surface area contributed by atoms with E-state index < -0.39 is 0 Å². The lowest BCUT2D eigenvalue weighted by molar-refractivity contribution is -0.124. The molecule has 0 bridgehead atoms. The standard InChI is InChI=1S/C26H28N2O2S2/c1-7-8-18-10-12-20(32-18)24-22-21(25(29)28(24)14-16(4)5)23(19-11-9-17(6)31-19)27(26(22)30)13-15(2)3/h9-12,15-16H,13-14H2,1-6H3. The minimum Gasteiger partial charge on any atom is -0.306 e. The smallest absolute Gasteiger partial charge is 0.261 e. The first-order valence-corrected chi connectivity index (χ1v) is 12.6. The van der Waals surface area contributed by atoms with Crippen molar-refractivity contribution in [1.82, 2.24) is 9.80 Å². The summed E-state index contributed by atoms with van der Waals surface area (Å²) in [6.45, 7) is 13.4. The third-order valence-electron chi connectivity index (χ3n) is 5.34. The predicted molar refractivity (Wildman–Crippen MR) is 133 cm³/mol. The number of hydrogen-bond acceptors (Lipinski definition) is 4. The molecule has 0 aromatic carbocycles. The van der Waals surface area contributed by atoms with Gasteiger partial charge in [-0.15, -0.1) is 28.6 Å². The molecule has 0 spiro atoms. The number of aryl methyl sites for hydroxylation is 1. The SMILES string of the molecule is CC#Cc1ccc(C2=C3C(=O)N(CC(C)C)C(c4ccc(C)s4)=C3C(=O)N2CC(C)C)s1. The molecule has 4 nitrogen and oxygen atoms in total. The normalized spacial score (nSPS) is 16.1. The monoisotopic (exact) mass is 464 g/mol. The molecule has 0 fully saturated rings. The number of carbonyl (C=O) groups excluding carboxylic acids is 2. The van der Waals surface area contributed by atoms with Crippen LogP contribution in [-0.4, -0.2) is 34.7 Å². The third-order valence-corrected chi connectivity index (χ3v) is 7.35. The molecule has 4 heterocycles. The Balaban J connectivity index is 1.98. The van der Waals surface area contributed by atoms with Crippen molar-refractivity contribution in [3.05, 3.63) is 54.9 Å². The molecule has 4 rings (SSSR count). The van der Waals surface area contributed by atoms with Crippen LogP contribution in [0, 0.1) is 30.6 Å². The number of rotatable bonds is 6. The van der Waals surface area contributed by atoms with Crippen LogP contribution in [0.5, 0.6) is 0 Å². The van der Waals surface area contributed by atoms with Gasteiger partial charge in [0.25, 0.3) is 11.8 Å². The van der Waals surface area contributed by atoms with Crippen LogP contribution in [0.15, 0.2) is 35.4 Å². The minimum absolute atomic E-state index is 0.0686. The van der Waals surface area contributed by atoms with E-state index in [1.807, 2.05) is 34.9 Å². The summed E-state index contributed by atoms with van der Waals surface area (Å²) < 4.78 is 0. The molecule has 0 aliphatic carbocycles. The van der Waals surface area contributed by atoms with E-state index in [-0.39, 0.29) is 23.7 Å². The zero-order valence-electron chi connectivity index (χ0n) is 19.4. The molecule has 0 radical (unpaired) electrons. The lowest BCUT2D eigenvalue weighted by Crippen LogP contribution is -2.33. The number of amides is 2. The molecule has 2 aromatic heterocycles. The van der Waals surface area contributed by atoms with Crippen LogP contribution >= 0.6 is 22.7 Å². The molecule has 2 aromatic rings. The number of hydrogen-bond donors (Lipinski definition) is 0. The van der Waals surface area contributed by atoms with Gasteiger partial charge in [-0.05, 0) is 49.9 Å². The second-order valence-electron chi connectivity index (χ2n) is 9.02. The van der Waals surface area contributed by atoms with Crippen molar-refractivity contribution in [2.24, 2.45) is 11.8 Å². The van der Waals surface area contributed by atoms with Crippen molar-refractivity contribution < 1.29 is 9.59 Å². The summed E-state index contributed by atoms with van der Waals surface area (Å²) in [5.41, 5.74) is 2.63. The third kappa shape index (κ3) is 3.85. The molecule has 2 aliphatic heterocycles. The lowest BCUT2D eigenvalue weighted by Gasteiger charge is -2.26. The number of thiophene rings is 2. The van der Waals surface area contributed by atoms with Crippen molar-refractivity contribution in [3.8, 4) is 11.8 Å². The van der Waals surface area contributed by atoms with Gasteiger partial charge < -0.3 is 9.80 Å². The van der Waals surface area contributed by atoms with E-state index in [2.05, 4.69) is 52.5 Å². The molecular weight excluding hydrogens is 436 g/mol. The molecule has 0 saturated carbocycles. The van der Waals surface area contributed by atoms with Gasteiger partial charge >= 0.3 is 0 Å². The van der Waals surface area contributed by atoms with E-state index >= 15 is 0 Å². The first-order chi connectivity index (χ1) is 15.2. The Bertz CT molecular complexity index is 1210. The van der Waals surface area contributed by atoms with Crippen LogP contribution in [0.3, 0.4) is 0 Å². The fourth-order valence-electron chi connectivity index (χ4n) is 4.20. The molecule has 2 amide bonds. The van der Waals surface area contributed by atoms with Gasteiger partial charge in [0.2, 0.25) is 0 Å². The van der Waals surface area contributed by atoms with Crippen molar-refractivity contribution in [1.29, 1.82) is 0 Å². The van der Waals surface area contributed by atoms with E-state index in [0.717, 1.165) is 30.9 Å². The first-order valence-electron chi connectivity index (χ1n) is 10.9. The van der Waals surface area contributed by atoms with Crippen molar-refractivity contribution in [2.75, 3.05) is 13.1 Å². The summed E-state index contributed by atoms with van der Waals surface area (Å²) in [5.74, 6) is 6.46. The number of carbonyl (C=O) groups is 2. The fourth-order valence-corrected chi connectivity index (χ4v) is 6.10. The van der Waals surface area contributed by atoms with Crippen molar-refractivity contribution in [3.63, 3.8) is 0 Å². The summed E-state index contributed by atoms with van der Waals surface area (Å²) in [7, 11) is 0. The highest BCUT2D eigenvalue weighted by atomic mass is 32.1. The Hall–Kier alpha value is -2.62. The van der Waals surface area contributed by atoms with Gasteiger partial charge in [0.05, 0.1) is 37.2 Å². The Morgan fingerprint density at radius 2 is 1.31 bits per heavy atom. The number of nitrogens with zero attached hydrogens (tertiary/aromatic N) is 2. The Kier molecular flexibility index (Phi) is 6.15. The zero-order valence-corrected chi connectivity index (χ0v) is 21.0. The second-order valence-corrected chi connectivity index (χ2v) is 11.4. The molecule has 0 atom stereocenters. The van der Waals surface area contributed by atoms with Gasteiger partial charge in [-0.25, -0.2) is 0 Å². The largest absolute Gasteiger partial charge is 0.306 e. The Morgan fingerprint density at radius 3 is 1.75 bits per heavy atom. The first kappa shape index (κ1) is 22.6. The van der Waals surface area contributed by atoms with Gasteiger partial charge in [-0.3, -0.25) is 9.59 Å². The molecule has 0 N–H and O–H groups in total. The van der Waals surface area contributed by atoms with E-state index in [9.17, 15) is 9.59 Å². The van der Waals surface area contributed by atoms with Crippen molar-refractivity contribution in [2.45, 2.75) is 41.5 Å². The van der Waals surface area contributed by atoms with Crippen LogP contribution in [0.1, 0.15) is 54.1 Å². The molecule has 166 valence electrons. The molecular formula is C26H28N2O2S2. The van der Waals surface area contributed by atoms with Crippen LogP contribution in [-0.2, 0) is 9.59 Å². The highest BCUT2D eigenvalue weighted by Gasteiger charge is 2.49. The van der Waals surface area contributed by atoms with Gasteiger partial charge in [0, 0.05) is 18.0 Å². The summed E-state index contributed by atoms with van der Waals surface area (Å²) >= 11 is 3.17. The van der Waals surface area contributed by atoms with E-state index in [1.165, 1.54) is 11.3 Å². The molecule has 32 heavy (non-hydrogen) atoms. The maximum absolute atomic E-state index is 13.8. The summed E-state index contributed by atoms with van der Waals surface area (Å²) in [6.07, 6.45) is 0.